The normalized spacial score (nSPS) is 10.1. The fourth-order valence-corrected chi connectivity index (χ4v) is 2.48. The van der Waals surface area contributed by atoms with E-state index in [0.29, 0.717) is 18.8 Å². The molecule has 0 radical (unpaired) electrons. The Hall–Kier alpha value is -2.41. The second kappa shape index (κ2) is 6.85. The number of thiophene rings is 1. The van der Waals surface area contributed by atoms with E-state index >= 15 is 0 Å². The van der Waals surface area contributed by atoms with Gasteiger partial charge in [0, 0.05) is 29.6 Å². The Morgan fingerprint density at radius 3 is 2.81 bits per heavy atom. The number of nitro groups is 1. The lowest BCUT2D eigenvalue weighted by molar-refractivity contribution is -0.384. The Bertz CT molecular complexity index is 641. The number of benzene rings is 1. The first kappa shape index (κ1) is 15.0. The molecule has 2 aromatic rings. The molecule has 6 nitrogen and oxygen atoms in total. The summed E-state index contributed by atoms with van der Waals surface area (Å²) in [7, 11) is 0. The van der Waals surface area contributed by atoms with Crippen molar-refractivity contribution in [3.05, 3.63) is 56.3 Å². The number of carbonyl (C=O) groups excluding carboxylic acids is 1. The zero-order valence-electron chi connectivity index (χ0n) is 11.5. The largest absolute Gasteiger partial charge is 0.375 e. The first-order valence-corrected chi connectivity index (χ1v) is 7.32. The van der Waals surface area contributed by atoms with E-state index in [9.17, 15) is 14.9 Å². The first-order valence-electron chi connectivity index (χ1n) is 6.44. The van der Waals surface area contributed by atoms with Crippen LogP contribution in [-0.2, 0) is 6.54 Å². The van der Waals surface area contributed by atoms with Crippen LogP contribution in [0.15, 0.2) is 35.7 Å². The summed E-state index contributed by atoms with van der Waals surface area (Å²) in [5.41, 5.74) is 0.585. The fourth-order valence-electron chi connectivity index (χ4n) is 1.83. The van der Waals surface area contributed by atoms with Gasteiger partial charge in [0.2, 0.25) is 0 Å². The maximum atomic E-state index is 11.7. The zero-order valence-corrected chi connectivity index (χ0v) is 12.3. The van der Waals surface area contributed by atoms with Crippen LogP contribution >= 0.6 is 11.3 Å². The van der Waals surface area contributed by atoms with Crippen molar-refractivity contribution in [3.63, 3.8) is 0 Å². The summed E-state index contributed by atoms with van der Waals surface area (Å²) in [6, 6.07) is 8.31. The molecule has 7 heteroatoms. The molecule has 1 aromatic carbocycles. The van der Waals surface area contributed by atoms with Crippen molar-refractivity contribution in [1.29, 1.82) is 0 Å². The topological polar surface area (TPSA) is 84.3 Å². The van der Waals surface area contributed by atoms with Gasteiger partial charge in [-0.05, 0) is 30.5 Å². The molecule has 2 N–H and O–H groups in total. The Morgan fingerprint density at radius 2 is 2.19 bits per heavy atom. The summed E-state index contributed by atoms with van der Waals surface area (Å²) in [6.45, 7) is 2.79. The van der Waals surface area contributed by atoms with Gasteiger partial charge in [-0.15, -0.1) is 11.3 Å². The van der Waals surface area contributed by atoms with Crippen LogP contribution in [0.5, 0.6) is 0 Å². The Labute approximate surface area is 126 Å². The molecule has 0 unspecified atom stereocenters. The molecular weight excluding hydrogens is 290 g/mol. The number of anilines is 1. The van der Waals surface area contributed by atoms with Crippen LogP contribution in [0.4, 0.5) is 11.4 Å². The van der Waals surface area contributed by atoms with Crippen LogP contribution in [-0.4, -0.2) is 17.4 Å². The van der Waals surface area contributed by atoms with E-state index in [1.165, 1.54) is 6.07 Å². The third kappa shape index (κ3) is 3.79. The van der Waals surface area contributed by atoms with Gasteiger partial charge in [0.1, 0.15) is 5.69 Å². The molecule has 110 valence electrons. The third-order valence-electron chi connectivity index (χ3n) is 2.83. The smallest absolute Gasteiger partial charge is 0.293 e. The van der Waals surface area contributed by atoms with E-state index in [0.717, 1.165) is 4.88 Å². The number of amides is 1. The van der Waals surface area contributed by atoms with E-state index in [1.54, 1.807) is 30.4 Å². The highest BCUT2D eigenvalue weighted by molar-refractivity contribution is 7.09. The maximum Gasteiger partial charge on any atom is 0.293 e. The zero-order chi connectivity index (χ0) is 15.2. The van der Waals surface area contributed by atoms with Crippen LogP contribution in [0.25, 0.3) is 0 Å². The fraction of sp³-hybridized carbons (Fsp3) is 0.214. The van der Waals surface area contributed by atoms with Crippen LogP contribution in [0, 0.1) is 10.1 Å². The van der Waals surface area contributed by atoms with Crippen LogP contribution in [0.3, 0.4) is 0 Å². The molecule has 2 rings (SSSR count). The lowest BCUT2D eigenvalue weighted by Crippen LogP contribution is -2.22. The average molecular weight is 305 g/mol. The first-order chi connectivity index (χ1) is 10.1. The third-order valence-corrected chi connectivity index (χ3v) is 3.70. The second-order valence-electron chi connectivity index (χ2n) is 4.28. The summed E-state index contributed by atoms with van der Waals surface area (Å²) in [4.78, 5) is 23.5. The van der Waals surface area contributed by atoms with Gasteiger partial charge < -0.3 is 10.6 Å². The van der Waals surface area contributed by atoms with E-state index < -0.39 is 4.92 Å². The number of carbonyl (C=O) groups is 1. The summed E-state index contributed by atoms with van der Waals surface area (Å²) < 4.78 is 0. The van der Waals surface area contributed by atoms with Gasteiger partial charge in [-0.25, -0.2) is 0 Å². The molecule has 0 bridgehead atoms. The van der Waals surface area contributed by atoms with E-state index in [2.05, 4.69) is 10.6 Å². The van der Waals surface area contributed by atoms with Crippen molar-refractivity contribution in [2.24, 2.45) is 0 Å². The van der Waals surface area contributed by atoms with Crippen molar-refractivity contribution in [3.8, 4) is 0 Å². The second-order valence-corrected chi connectivity index (χ2v) is 5.31. The molecule has 1 amide bonds. The highest BCUT2D eigenvalue weighted by atomic mass is 32.1. The van der Waals surface area contributed by atoms with Gasteiger partial charge in [0.15, 0.2) is 0 Å². The van der Waals surface area contributed by atoms with Gasteiger partial charge >= 0.3 is 0 Å². The van der Waals surface area contributed by atoms with Gasteiger partial charge in [-0.3, -0.25) is 14.9 Å². The number of hydrogen-bond donors (Lipinski definition) is 2. The van der Waals surface area contributed by atoms with Crippen LogP contribution < -0.4 is 10.6 Å². The van der Waals surface area contributed by atoms with Gasteiger partial charge in [0.25, 0.3) is 11.6 Å². The highest BCUT2D eigenvalue weighted by Crippen LogP contribution is 2.26. The molecule has 0 saturated heterocycles. The van der Waals surface area contributed by atoms with E-state index in [-0.39, 0.29) is 17.2 Å². The van der Waals surface area contributed by atoms with Crippen LogP contribution in [0.2, 0.25) is 0 Å². The molecular formula is C14H15N3O3S. The maximum absolute atomic E-state index is 11.7. The molecule has 0 aliphatic heterocycles. The molecule has 1 heterocycles. The molecule has 0 fully saturated rings. The molecule has 0 spiro atoms. The highest BCUT2D eigenvalue weighted by Gasteiger charge is 2.17. The van der Waals surface area contributed by atoms with Gasteiger partial charge in [0.05, 0.1) is 4.92 Å². The Morgan fingerprint density at radius 1 is 1.38 bits per heavy atom. The number of nitro benzene ring substituents is 1. The molecule has 0 aliphatic carbocycles. The van der Waals surface area contributed by atoms with Crippen LogP contribution in [0.1, 0.15) is 22.2 Å². The van der Waals surface area contributed by atoms with Crippen molar-refractivity contribution >= 4 is 28.6 Å². The van der Waals surface area contributed by atoms with Crippen molar-refractivity contribution in [1.82, 2.24) is 5.32 Å². The van der Waals surface area contributed by atoms with E-state index in [4.69, 9.17) is 0 Å². The minimum Gasteiger partial charge on any atom is -0.375 e. The standard InChI is InChI=1S/C14H15N3O3S/c1-2-15-14(18)10-5-6-12(13(8-10)17(19)20)16-9-11-4-3-7-21-11/h3-8,16H,2,9H2,1H3,(H,15,18). The number of hydrogen-bond acceptors (Lipinski definition) is 5. The van der Waals surface area contributed by atoms with Crippen molar-refractivity contribution in [2.45, 2.75) is 13.5 Å². The average Bonchev–Trinajstić information content (AvgIpc) is 2.98. The summed E-state index contributed by atoms with van der Waals surface area (Å²) >= 11 is 1.57. The lowest BCUT2D eigenvalue weighted by Gasteiger charge is -2.08. The quantitative estimate of drug-likeness (QED) is 0.634. The Balaban J connectivity index is 2.20. The number of nitrogens with one attached hydrogen (secondary N) is 2. The predicted octanol–water partition coefficient (Wildman–Crippen LogP) is 3.02. The van der Waals surface area contributed by atoms with Crippen molar-refractivity contribution in [2.75, 3.05) is 11.9 Å². The van der Waals surface area contributed by atoms with Gasteiger partial charge in [-0.2, -0.15) is 0 Å². The lowest BCUT2D eigenvalue weighted by atomic mass is 10.1. The summed E-state index contributed by atoms with van der Waals surface area (Å²) in [6.07, 6.45) is 0. The Kier molecular flexibility index (Phi) is 4.89. The molecule has 21 heavy (non-hydrogen) atoms. The van der Waals surface area contributed by atoms with E-state index in [1.807, 2.05) is 17.5 Å². The summed E-state index contributed by atoms with van der Waals surface area (Å²) in [5.74, 6) is -0.314. The summed E-state index contributed by atoms with van der Waals surface area (Å²) in [5, 5.41) is 18.8. The number of nitrogens with zero attached hydrogens (tertiary/aromatic N) is 1. The molecule has 0 atom stereocenters. The minimum absolute atomic E-state index is 0.102. The number of rotatable bonds is 6. The van der Waals surface area contributed by atoms with Gasteiger partial charge in [-0.1, -0.05) is 6.07 Å². The molecule has 0 aliphatic rings. The minimum atomic E-state index is -0.487. The van der Waals surface area contributed by atoms with Crippen molar-refractivity contribution < 1.29 is 9.72 Å². The molecule has 1 aromatic heterocycles. The SMILES string of the molecule is CCNC(=O)c1ccc(NCc2cccs2)c([N+](=O)[O-])c1. The molecule has 0 saturated carbocycles. The predicted molar refractivity (Wildman–Crippen MR) is 82.7 cm³/mol. The monoisotopic (exact) mass is 305 g/mol.